The molecule has 100 valence electrons. The molecule has 2 N–H and O–H groups in total. The second-order valence-electron chi connectivity index (χ2n) is 4.00. The van der Waals surface area contributed by atoms with Crippen LogP contribution < -0.4 is 15.5 Å². The number of carbonyl (C=O) groups is 1. The second kappa shape index (κ2) is 6.78. The van der Waals surface area contributed by atoms with Gasteiger partial charge < -0.3 is 15.5 Å². The van der Waals surface area contributed by atoms with Crippen molar-refractivity contribution in [3.05, 3.63) is 11.9 Å². The van der Waals surface area contributed by atoms with Crippen LogP contribution in [0.3, 0.4) is 0 Å². The van der Waals surface area contributed by atoms with Gasteiger partial charge in [0.2, 0.25) is 5.91 Å². The predicted octanol–water partition coefficient (Wildman–Crippen LogP) is 0.789. The van der Waals surface area contributed by atoms with E-state index in [2.05, 4.69) is 27.5 Å². The van der Waals surface area contributed by atoms with Crippen LogP contribution in [-0.2, 0) is 4.79 Å². The quantitative estimate of drug-likeness (QED) is 0.782. The summed E-state index contributed by atoms with van der Waals surface area (Å²) in [5.74, 6) is 2.20. The van der Waals surface area contributed by atoms with E-state index in [0.29, 0.717) is 12.4 Å². The molecule has 0 spiro atoms. The molecule has 1 aromatic heterocycles. The fourth-order valence-corrected chi connectivity index (χ4v) is 1.64. The first-order chi connectivity index (χ1) is 8.60. The van der Waals surface area contributed by atoms with Gasteiger partial charge in [-0.2, -0.15) is 0 Å². The zero-order valence-electron chi connectivity index (χ0n) is 11.4. The van der Waals surface area contributed by atoms with Crippen LogP contribution in [0.2, 0.25) is 0 Å². The number of carbonyl (C=O) groups excluding carboxylic acids is 1. The van der Waals surface area contributed by atoms with Crippen LogP contribution in [-0.4, -0.2) is 43.1 Å². The third-order valence-electron chi connectivity index (χ3n) is 2.51. The molecule has 6 nitrogen and oxygen atoms in total. The molecule has 18 heavy (non-hydrogen) atoms. The number of amides is 1. The Labute approximate surface area is 108 Å². The van der Waals surface area contributed by atoms with E-state index in [1.807, 2.05) is 24.9 Å². The number of likely N-dealkylation sites (N-methyl/N-ethyl adjacent to an activating group) is 1. The van der Waals surface area contributed by atoms with Gasteiger partial charge in [-0.15, -0.1) is 0 Å². The van der Waals surface area contributed by atoms with Crippen molar-refractivity contribution < 1.29 is 4.79 Å². The van der Waals surface area contributed by atoms with Crippen molar-refractivity contribution in [2.75, 3.05) is 37.4 Å². The lowest BCUT2D eigenvalue weighted by Gasteiger charge is -2.22. The molecule has 0 aliphatic heterocycles. The lowest BCUT2D eigenvalue weighted by atomic mass is 10.3. The smallest absolute Gasteiger partial charge is 0.239 e. The summed E-state index contributed by atoms with van der Waals surface area (Å²) in [6.07, 6.45) is 0.953. The summed E-state index contributed by atoms with van der Waals surface area (Å²) < 4.78 is 0. The molecular formula is C12H21N5O. The predicted molar refractivity (Wildman–Crippen MR) is 72.9 cm³/mol. The highest BCUT2D eigenvalue weighted by Gasteiger charge is 2.12. The van der Waals surface area contributed by atoms with Crippen molar-refractivity contribution in [3.63, 3.8) is 0 Å². The Bertz CT molecular complexity index is 407. The van der Waals surface area contributed by atoms with E-state index in [-0.39, 0.29) is 5.91 Å². The third-order valence-corrected chi connectivity index (χ3v) is 2.51. The van der Waals surface area contributed by atoms with Crippen molar-refractivity contribution in [3.8, 4) is 0 Å². The summed E-state index contributed by atoms with van der Waals surface area (Å²) in [5.41, 5.74) is 0. The molecule has 0 aliphatic carbocycles. The van der Waals surface area contributed by atoms with Gasteiger partial charge in [0.15, 0.2) is 0 Å². The minimum absolute atomic E-state index is 0.0225. The molecule has 1 amide bonds. The molecule has 1 rings (SSSR count). The first-order valence-electron chi connectivity index (χ1n) is 6.09. The monoisotopic (exact) mass is 251 g/mol. The SMILES string of the molecule is CCCN(CC(=O)NC)c1cc(NC)nc(C)n1. The van der Waals surface area contributed by atoms with E-state index >= 15 is 0 Å². The van der Waals surface area contributed by atoms with Crippen molar-refractivity contribution in [1.29, 1.82) is 0 Å². The minimum Gasteiger partial charge on any atom is -0.373 e. The number of anilines is 2. The number of aromatic nitrogens is 2. The zero-order valence-corrected chi connectivity index (χ0v) is 11.4. The molecule has 0 fully saturated rings. The molecule has 0 radical (unpaired) electrons. The van der Waals surface area contributed by atoms with Gasteiger partial charge in [-0.05, 0) is 13.3 Å². The molecule has 0 saturated carbocycles. The Kier molecular flexibility index (Phi) is 5.35. The van der Waals surface area contributed by atoms with Crippen LogP contribution in [0, 0.1) is 6.92 Å². The van der Waals surface area contributed by atoms with E-state index in [9.17, 15) is 4.79 Å². The molecular weight excluding hydrogens is 230 g/mol. The fraction of sp³-hybridized carbons (Fsp3) is 0.583. The summed E-state index contributed by atoms with van der Waals surface area (Å²) in [7, 11) is 3.45. The van der Waals surface area contributed by atoms with Crippen molar-refractivity contribution in [2.24, 2.45) is 0 Å². The number of hydrogen-bond donors (Lipinski definition) is 2. The normalized spacial score (nSPS) is 10.0. The highest BCUT2D eigenvalue weighted by atomic mass is 16.1. The summed E-state index contributed by atoms with van der Waals surface area (Å²) in [6, 6.07) is 1.85. The van der Waals surface area contributed by atoms with Gasteiger partial charge >= 0.3 is 0 Å². The Morgan fingerprint density at radius 2 is 2.11 bits per heavy atom. The lowest BCUT2D eigenvalue weighted by molar-refractivity contribution is -0.119. The molecule has 1 aromatic rings. The van der Waals surface area contributed by atoms with E-state index in [1.165, 1.54) is 0 Å². The summed E-state index contributed by atoms with van der Waals surface area (Å²) in [5, 5.41) is 5.62. The first kappa shape index (κ1) is 14.2. The maximum Gasteiger partial charge on any atom is 0.239 e. The number of rotatable bonds is 6. The number of hydrogen-bond acceptors (Lipinski definition) is 5. The highest BCUT2D eigenvalue weighted by molar-refractivity contribution is 5.80. The van der Waals surface area contributed by atoms with Gasteiger partial charge in [-0.25, -0.2) is 9.97 Å². The fourth-order valence-electron chi connectivity index (χ4n) is 1.64. The van der Waals surface area contributed by atoms with Crippen LogP contribution in [0.25, 0.3) is 0 Å². The largest absolute Gasteiger partial charge is 0.373 e. The van der Waals surface area contributed by atoms with Gasteiger partial charge in [0.05, 0.1) is 6.54 Å². The third kappa shape index (κ3) is 3.87. The van der Waals surface area contributed by atoms with E-state index in [0.717, 1.165) is 24.6 Å². The van der Waals surface area contributed by atoms with E-state index in [4.69, 9.17) is 0 Å². The Hall–Kier alpha value is -1.85. The van der Waals surface area contributed by atoms with Crippen molar-refractivity contribution in [1.82, 2.24) is 15.3 Å². The molecule has 6 heteroatoms. The standard InChI is InChI=1S/C12H21N5O/c1-5-6-17(8-12(18)14-4)11-7-10(13-3)15-9(2)16-11/h7H,5-6,8H2,1-4H3,(H,14,18)(H,13,15,16). The van der Waals surface area contributed by atoms with Gasteiger partial charge in [0.1, 0.15) is 17.5 Å². The Morgan fingerprint density at radius 3 is 2.67 bits per heavy atom. The average molecular weight is 251 g/mol. The Morgan fingerprint density at radius 1 is 1.39 bits per heavy atom. The van der Waals surface area contributed by atoms with Gasteiger partial charge in [-0.1, -0.05) is 6.92 Å². The molecule has 0 atom stereocenters. The average Bonchev–Trinajstić information content (AvgIpc) is 2.37. The lowest BCUT2D eigenvalue weighted by Crippen LogP contribution is -2.36. The maximum atomic E-state index is 11.5. The molecule has 0 unspecified atom stereocenters. The topological polar surface area (TPSA) is 70.2 Å². The van der Waals surface area contributed by atoms with Crippen LogP contribution in [0.4, 0.5) is 11.6 Å². The van der Waals surface area contributed by atoms with Gasteiger partial charge in [0.25, 0.3) is 0 Å². The molecule has 0 aliphatic rings. The Balaban J connectivity index is 2.96. The van der Waals surface area contributed by atoms with E-state index < -0.39 is 0 Å². The molecule has 0 bridgehead atoms. The maximum absolute atomic E-state index is 11.5. The number of nitrogens with zero attached hydrogens (tertiary/aromatic N) is 3. The first-order valence-corrected chi connectivity index (χ1v) is 6.09. The summed E-state index contributed by atoms with van der Waals surface area (Å²) >= 11 is 0. The molecule has 0 aromatic carbocycles. The highest BCUT2D eigenvalue weighted by Crippen LogP contribution is 2.15. The second-order valence-corrected chi connectivity index (χ2v) is 4.00. The van der Waals surface area contributed by atoms with Gasteiger partial charge in [-0.3, -0.25) is 4.79 Å². The number of aryl methyl sites for hydroxylation is 1. The van der Waals surface area contributed by atoms with E-state index in [1.54, 1.807) is 7.05 Å². The molecule has 1 heterocycles. The molecule has 0 saturated heterocycles. The summed E-state index contributed by atoms with van der Waals surface area (Å²) in [6.45, 7) is 5.01. The van der Waals surface area contributed by atoms with Gasteiger partial charge in [0, 0.05) is 26.7 Å². The van der Waals surface area contributed by atoms with Crippen LogP contribution in [0.5, 0.6) is 0 Å². The zero-order chi connectivity index (χ0) is 13.5. The summed E-state index contributed by atoms with van der Waals surface area (Å²) in [4.78, 5) is 22.1. The van der Waals surface area contributed by atoms with Crippen LogP contribution >= 0.6 is 0 Å². The minimum atomic E-state index is -0.0225. The van der Waals surface area contributed by atoms with Crippen LogP contribution in [0.1, 0.15) is 19.2 Å². The van der Waals surface area contributed by atoms with Crippen molar-refractivity contribution >= 4 is 17.5 Å². The number of nitrogens with one attached hydrogen (secondary N) is 2. The van der Waals surface area contributed by atoms with Crippen molar-refractivity contribution in [2.45, 2.75) is 20.3 Å². The van der Waals surface area contributed by atoms with Crippen LogP contribution in [0.15, 0.2) is 6.07 Å².